The number of carbonyl (C=O) groups excluding carboxylic acids is 1. The Hall–Kier alpha value is -1.95. The fourth-order valence-electron chi connectivity index (χ4n) is 2.75. The lowest BCUT2D eigenvalue weighted by Crippen LogP contribution is -2.37. The predicted octanol–water partition coefficient (Wildman–Crippen LogP) is 3.07. The van der Waals surface area contributed by atoms with E-state index in [1.807, 2.05) is 22.6 Å². The van der Waals surface area contributed by atoms with E-state index in [-0.39, 0.29) is 11.9 Å². The van der Waals surface area contributed by atoms with Crippen molar-refractivity contribution in [1.29, 1.82) is 0 Å². The average molecular weight is 332 g/mol. The second kappa shape index (κ2) is 7.75. The van der Waals surface area contributed by atoms with Crippen molar-refractivity contribution in [2.24, 2.45) is 5.92 Å². The van der Waals surface area contributed by atoms with Crippen molar-refractivity contribution in [3.63, 3.8) is 0 Å². The Bertz CT molecular complexity index is 706. The van der Waals surface area contributed by atoms with Gasteiger partial charge in [-0.15, -0.1) is 0 Å². The molecule has 1 amide bonds. The highest BCUT2D eigenvalue weighted by Crippen LogP contribution is 2.20. The number of rotatable bonds is 7. The second-order valence-corrected chi connectivity index (χ2v) is 6.85. The molecular weight excluding hydrogens is 304 g/mol. The smallest absolute Gasteiger partial charge is 0.255 e. The second-order valence-electron chi connectivity index (χ2n) is 6.85. The van der Waals surface area contributed by atoms with Gasteiger partial charge in [-0.25, -0.2) is 9.67 Å². The van der Waals surface area contributed by atoms with E-state index in [1.165, 1.54) is 0 Å². The van der Waals surface area contributed by atoms with E-state index in [2.05, 4.69) is 37.8 Å². The SMILES string of the molecule is COCCN(CC(C)C)C(=O)c1cc2cnn(C(C)C)c2nc1C. The van der Waals surface area contributed by atoms with Crippen LogP contribution in [0.15, 0.2) is 12.3 Å². The molecule has 0 aromatic carbocycles. The molecule has 0 aliphatic heterocycles. The van der Waals surface area contributed by atoms with Gasteiger partial charge >= 0.3 is 0 Å². The summed E-state index contributed by atoms with van der Waals surface area (Å²) in [6.45, 7) is 12.0. The maximum Gasteiger partial charge on any atom is 0.255 e. The first-order valence-corrected chi connectivity index (χ1v) is 8.48. The summed E-state index contributed by atoms with van der Waals surface area (Å²) in [6, 6.07) is 2.14. The fraction of sp³-hybridized carbons (Fsp3) is 0.611. The van der Waals surface area contributed by atoms with E-state index in [1.54, 1.807) is 13.3 Å². The van der Waals surface area contributed by atoms with Gasteiger partial charge in [-0.2, -0.15) is 5.10 Å². The van der Waals surface area contributed by atoms with Gasteiger partial charge in [-0.3, -0.25) is 4.79 Å². The zero-order valence-corrected chi connectivity index (χ0v) is 15.5. The molecular formula is C18H28N4O2. The molecule has 0 aliphatic carbocycles. The summed E-state index contributed by atoms with van der Waals surface area (Å²) in [7, 11) is 1.65. The van der Waals surface area contributed by atoms with Crippen LogP contribution in [0.25, 0.3) is 11.0 Å². The summed E-state index contributed by atoms with van der Waals surface area (Å²) in [5, 5.41) is 5.29. The summed E-state index contributed by atoms with van der Waals surface area (Å²) in [4.78, 5) is 19.5. The molecule has 132 valence electrons. The third-order valence-corrected chi connectivity index (χ3v) is 3.92. The highest BCUT2D eigenvalue weighted by molar-refractivity contribution is 5.98. The van der Waals surface area contributed by atoms with Crippen LogP contribution in [0.4, 0.5) is 0 Å². The first-order valence-electron chi connectivity index (χ1n) is 8.48. The summed E-state index contributed by atoms with van der Waals surface area (Å²) in [6.07, 6.45) is 1.78. The minimum absolute atomic E-state index is 0.00458. The normalized spacial score (nSPS) is 11.7. The molecule has 0 unspecified atom stereocenters. The third kappa shape index (κ3) is 3.93. The largest absolute Gasteiger partial charge is 0.383 e. The van der Waals surface area contributed by atoms with Crippen LogP contribution in [0, 0.1) is 12.8 Å². The third-order valence-electron chi connectivity index (χ3n) is 3.92. The number of nitrogens with zero attached hydrogens (tertiary/aromatic N) is 4. The lowest BCUT2D eigenvalue weighted by atomic mass is 10.1. The highest BCUT2D eigenvalue weighted by atomic mass is 16.5. The Labute approximate surface area is 143 Å². The van der Waals surface area contributed by atoms with E-state index in [0.29, 0.717) is 31.2 Å². The lowest BCUT2D eigenvalue weighted by Gasteiger charge is -2.25. The molecule has 2 rings (SSSR count). The molecule has 0 aliphatic rings. The van der Waals surface area contributed by atoms with Crippen molar-refractivity contribution >= 4 is 16.9 Å². The minimum Gasteiger partial charge on any atom is -0.383 e. The van der Waals surface area contributed by atoms with Gasteiger partial charge in [0, 0.05) is 31.6 Å². The molecule has 6 nitrogen and oxygen atoms in total. The average Bonchev–Trinajstić information content (AvgIpc) is 2.92. The number of hydrogen-bond acceptors (Lipinski definition) is 4. The van der Waals surface area contributed by atoms with E-state index in [0.717, 1.165) is 16.7 Å². The quantitative estimate of drug-likeness (QED) is 0.782. The first-order chi connectivity index (χ1) is 11.3. The summed E-state index contributed by atoms with van der Waals surface area (Å²) in [5.74, 6) is 0.399. The molecule has 2 heterocycles. The van der Waals surface area contributed by atoms with Crippen LogP contribution in [0.5, 0.6) is 0 Å². The number of pyridine rings is 1. The molecule has 0 N–H and O–H groups in total. The van der Waals surface area contributed by atoms with E-state index in [9.17, 15) is 4.79 Å². The number of hydrogen-bond donors (Lipinski definition) is 0. The molecule has 6 heteroatoms. The predicted molar refractivity (Wildman–Crippen MR) is 95.3 cm³/mol. The van der Waals surface area contributed by atoms with E-state index >= 15 is 0 Å². The molecule has 0 bridgehead atoms. The maximum absolute atomic E-state index is 13.0. The molecule has 2 aromatic rings. The Morgan fingerprint density at radius 3 is 2.62 bits per heavy atom. The van der Waals surface area contributed by atoms with Gasteiger partial charge in [-0.05, 0) is 32.8 Å². The monoisotopic (exact) mass is 332 g/mol. The Morgan fingerprint density at radius 1 is 1.33 bits per heavy atom. The zero-order valence-electron chi connectivity index (χ0n) is 15.5. The summed E-state index contributed by atoms with van der Waals surface area (Å²) < 4.78 is 7.03. The van der Waals surface area contributed by atoms with Crippen molar-refractivity contribution < 1.29 is 9.53 Å². The molecule has 0 radical (unpaired) electrons. The number of methoxy groups -OCH3 is 1. The molecule has 0 spiro atoms. The van der Waals surface area contributed by atoms with Crippen molar-refractivity contribution in [2.75, 3.05) is 26.8 Å². The molecule has 2 aromatic heterocycles. The van der Waals surface area contributed by atoms with E-state index in [4.69, 9.17) is 4.74 Å². The van der Waals surface area contributed by atoms with Gasteiger partial charge in [-0.1, -0.05) is 13.8 Å². The zero-order chi connectivity index (χ0) is 17.9. The van der Waals surface area contributed by atoms with Gasteiger partial charge in [0.25, 0.3) is 5.91 Å². The highest BCUT2D eigenvalue weighted by Gasteiger charge is 2.21. The number of fused-ring (bicyclic) bond motifs is 1. The number of amides is 1. The number of aromatic nitrogens is 3. The standard InChI is InChI=1S/C18H28N4O2/c1-12(2)11-21(7-8-24-6)18(23)16-9-15-10-19-22(13(3)4)17(15)20-14(16)5/h9-10,12-13H,7-8,11H2,1-6H3. The van der Waals surface area contributed by atoms with Crippen LogP contribution < -0.4 is 0 Å². The number of ether oxygens (including phenoxy) is 1. The lowest BCUT2D eigenvalue weighted by molar-refractivity contribution is 0.0671. The van der Waals surface area contributed by atoms with Crippen molar-refractivity contribution in [3.8, 4) is 0 Å². The molecule has 0 saturated carbocycles. The first kappa shape index (κ1) is 18.4. The van der Waals surface area contributed by atoms with Gasteiger partial charge in [0.2, 0.25) is 0 Å². The number of aryl methyl sites for hydroxylation is 1. The van der Waals surface area contributed by atoms with E-state index < -0.39 is 0 Å². The van der Waals surface area contributed by atoms with Crippen LogP contribution in [0.1, 0.15) is 49.8 Å². The molecule has 0 fully saturated rings. The van der Waals surface area contributed by atoms with Gasteiger partial charge in [0.15, 0.2) is 5.65 Å². The molecule has 0 saturated heterocycles. The van der Waals surface area contributed by atoms with Crippen molar-refractivity contribution in [3.05, 3.63) is 23.5 Å². The van der Waals surface area contributed by atoms with Gasteiger partial charge < -0.3 is 9.64 Å². The topological polar surface area (TPSA) is 60.2 Å². The van der Waals surface area contributed by atoms with Crippen LogP contribution >= 0.6 is 0 Å². The Balaban J connectivity index is 2.38. The molecule has 24 heavy (non-hydrogen) atoms. The summed E-state index contributed by atoms with van der Waals surface area (Å²) >= 11 is 0. The Kier molecular flexibility index (Phi) is 5.94. The molecule has 0 atom stereocenters. The fourth-order valence-corrected chi connectivity index (χ4v) is 2.75. The van der Waals surface area contributed by atoms with Crippen LogP contribution in [-0.4, -0.2) is 52.4 Å². The van der Waals surface area contributed by atoms with Crippen molar-refractivity contribution in [2.45, 2.75) is 40.7 Å². The van der Waals surface area contributed by atoms with Crippen LogP contribution in [0.2, 0.25) is 0 Å². The van der Waals surface area contributed by atoms with Crippen LogP contribution in [-0.2, 0) is 4.74 Å². The minimum atomic E-state index is 0.00458. The maximum atomic E-state index is 13.0. The van der Waals surface area contributed by atoms with Crippen LogP contribution in [0.3, 0.4) is 0 Å². The van der Waals surface area contributed by atoms with Crippen molar-refractivity contribution in [1.82, 2.24) is 19.7 Å². The Morgan fingerprint density at radius 2 is 2.04 bits per heavy atom. The van der Waals surface area contributed by atoms with Gasteiger partial charge in [0.1, 0.15) is 0 Å². The summed E-state index contributed by atoms with van der Waals surface area (Å²) in [5.41, 5.74) is 2.20. The number of carbonyl (C=O) groups is 1. The van der Waals surface area contributed by atoms with Gasteiger partial charge in [0.05, 0.1) is 24.1 Å².